The first-order chi connectivity index (χ1) is 29.3. The molecule has 0 aromatic heterocycles. The SMILES string of the molecule is CCCCCC(=O)OCC1O[C@H](O[C@H]2OC(COC(=O)CCCC)[C@@H](OCCCC)C(OCCCC)C2OCCCC)C(OCCCC)C(OCCCC)[C@@H]1OCCCC. The first kappa shape index (κ1) is 54.7. The van der Waals surface area contributed by atoms with E-state index in [-0.39, 0.29) is 25.2 Å². The van der Waals surface area contributed by atoms with Crippen molar-refractivity contribution in [2.75, 3.05) is 52.9 Å². The third kappa shape index (κ3) is 20.8. The normalized spacial score (nSPS) is 26.9. The fraction of sp³-hybridized carbons (Fsp3) is 0.957. The molecule has 0 aromatic rings. The van der Waals surface area contributed by atoms with Crippen molar-refractivity contribution in [3.05, 3.63) is 0 Å². The average molecular weight is 861 g/mol. The number of carbonyl (C=O) groups excluding carboxylic acids is 2. The zero-order chi connectivity index (χ0) is 43.8. The van der Waals surface area contributed by atoms with Gasteiger partial charge in [-0.3, -0.25) is 9.59 Å². The summed E-state index contributed by atoms with van der Waals surface area (Å²) in [6.45, 7) is 19.6. The zero-order valence-electron chi connectivity index (χ0n) is 39.2. The maximum Gasteiger partial charge on any atom is 0.305 e. The second-order valence-corrected chi connectivity index (χ2v) is 16.3. The van der Waals surface area contributed by atoms with Gasteiger partial charge in [-0.05, 0) is 51.4 Å². The Kier molecular flexibility index (Phi) is 31.9. The zero-order valence-corrected chi connectivity index (χ0v) is 39.2. The minimum Gasteiger partial charge on any atom is -0.463 e. The number of esters is 2. The van der Waals surface area contributed by atoms with E-state index < -0.39 is 61.4 Å². The minimum atomic E-state index is -1.04. The lowest BCUT2D eigenvalue weighted by Crippen LogP contribution is -2.66. The Bertz CT molecular complexity index is 1050. The van der Waals surface area contributed by atoms with Crippen LogP contribution >= 0.6 is 0 Å². The molecule has 0 N–H and O–H groups in total. The van der Waals surface area contributed by atoms with Gasteiger partial charge in [0.1, 0.15) is 62.0 Å². The van der Waals surface area contributed by atoms with Crippen molar-refractivity contribution in [1.82, 2.24) is 0 Å². The van der Waals surface area contributed by atoms with E-state index in [9.17, 15) is 9.59 Å². The summed E-state index contributed by atoms with van der Waals surface area (Å²) in [4.78, 5) is 25.9. The number of hydrogen-bond donors (Lipinski definition) is 0. The lowest BCUT2D eigenvalue weighted by Gasteiger charge is -2.49. The highest BCUT2D eigenvalue weighted by molar-refractivity contribution is 5.69. The van der Waals surface area contributed by atoms with Gasteiger partial charge in [0, 0.05) is 52.5 Å². The number of hydrogen-bond acceptors (Lipinski definition) is 13. The molecule has 2 aliphatic heterocycles. The van der Waals surface area contributed by atoms with E-state index in [2.05, 4.69) is 48.5 Å². The third-order valence-corrected chi connectivity index (χ3v) is 10.8. The van der Waals surface area contributed by atoms with Crippen LogP contribution in [0.4, 0.5) is 0 Å². The van der Waals surface area contributed by atoms with E-state index in [4.69, 9.17) is 52.1 Å². The van der Waals surface area contributed by atoms with E-state index >= 15 is 0 Å². The van der Waals surface area contributed by atoms with Gasteiger partial charge in [0.05, 0.1) is 0 Å². The molecule has 13 heteroatoms. The summed E-state index contributed by atoms with van der Waals surface area (Å²) in [7, 11) is 0. The van der Waals surface area contributed by atoms with Crippen LogP contribution in [0.25, 0.3) is 0 Å². The second kappa shape index (κ2) is 35.0. The predicted octanol–water partition coefficient (Wildman–Crippen LogP) is 9.42. The monoisotopic (exact) mass is 861 g/mol. The summed E-state index contributed by atoms with van der Waals surface area (Å²) in [6, 6.07) is 0. The predicted molar refractivity (Wildman–Crippen MR) is 232 cm³/mol. The first-order valence-electron chi connectivity index (χ1n) is 24.3. The summed E-state index contributed by atoms with van der Waals surface area (Å²) in [5.41, 5.74) is 0. The van der Waals surface area contributed by atoms with Gasteiger partial charge in [-0.15, -0.1) is 0 Å². The average Bonchev–Trinajstić information content (AvgIpc) is 3.24. The molecular formula is C47H88O13. The largest absolute Gasteiger partial charge is 0.463 e. The molecule has 2 rings (SSSR count). The molecule has 354 valence electrons. The lowest BCUT2D eigenvalue weighted by atomic mass is 9.96. The van der Waals surface area contributed by atoms with Crippen LogP contribution in [0.1, 0.15) is 177 Å². The minimum absolute atomic E-state index is 0.0364. The van der Waals surface area contributed by atoms with Crippen molar-refractivity contribution in [3.63, 3.8) is 0 Å². The molecule has 0 aliphatic carbocycles. The number of unbranched alkanes of at least 4 members (excludes halogenated alkanes) is 9. The summed E-state index contributed by atoms with van der Waals surface area (Å²) >= 11 is 0. The van der Waals surface area contributed by atoms with Gasteiger partial charge in [0.2, 0.25) is 0 Å². The van der Waals surface area contributed by atoms with Gasteiger partial charge in [0.15, 0.2) is 12.6 Å². The topological polar surface area (TPSA) is 136 Å². The van der Waals surface area contributed by atoms with Crippen LogP contribution in [0.2, 0.25) is 0 Å². The fourth-order valence-electron chi connectivity index (χ4n) is 7.03. The molecule has 2 fully saturated rings. The third-order valence-electron chi connectivity index (χ3n) is 10.8. The molecule has 60 heavy (non-hydrogen) atoms. The quantitative estimate of drug-likeness (QED) is 0.0434. The molecule has 2 saturated heterocycles. The molecule has 0 radical (unpaired) electrons. The maximum atomic E-state index is 13.0. The van der Waals surface area contributed by atoms with Crippen LogP contribution in [-0.2, 0) is 61.7 Å². The molecule has 0 aromatic carbocycles. The summed E-state index contributed by atoms with van der Waals surface area (Å²) in [6.07, 6.45) is 8.33. The van der Waals surface area contributed by atoms with Gasteiger partial charge in [-0.1, -0.05) is 113 Å². The molecule has 2 heterocycles. The van der Waals surface area contributed by atoms with Crippen LogP contribution in [0.5, 0.6) is 0 Å². The van der Waals surface area contributed by atoms with Gasteiger partial charge in [0.25, 0.3) is 0 Å². The summed E-state index contributed by atoms with van der Waals surface area (Å²) in [5.74, 6) is -0.567. The molecule has 0 amide bonds. The van der Waals surface area contributed by atoms with E-state index in [1.807, 2.05) is 6.92 Å². The second-order valence-electron chi connectivity index (χ2n) is 16.3. The van der Waals surface area contributed by atoms with E-state index in [1.54, 1.807) is 0 Å². The van der Waals surface area contributed by atoms with Crippen molar-refractivity contribution in [1.29, 1.82) is 0 Å². The molecule has 2 aliphatic rings. The van der Waals surface area contributed by atoms with Crippen LogP contribution in [0.3, 0.4) is 0 Å². The molecule has 0 saturated carbocycles. The molecule has 13 nitrogen and oxygen atoms in total. The van der Waals surface area contributed by atoms with Gasteiger partial charge in [-0.2, -0.15) is 0 Å². The Morgan fingerprint density at radius 3 is 1.00 bits per heavy atom. The van der Waals surface area contributed by atoms with Crippen molar-refractivity contribution in [3.8, 4) is 0 Å². The number of rotatable bonds is 37. The Morgan fingerprint density at radius 2 is 0.667 bits per heavy atom. The van der Waals surface area contributed by atoms with Crippen molar-refractivity contribution in [2.24, 2.45) is 0 Å². The van der Waals surface area contributed by atoms with Crippen LogP contribution in [0, 0.1) is 0 Å². The standard InChI is InChI=1S/C47H88O13/c1-9-17-25-27-39(49)57-35-37-41(51-29-20-12-4)43(53-31-22-14-6)45(55-33-24-16-8)47(59-37)60-46-44(54-32-23-15-7)42(52-30-21-13-5)40(50-28-19-11-3)36(58-46)34-56-38(48)26-18-10-2/h36-37,40-47H,9-35H2,1-8H3/t36?,37?,40-,41-,42?,43?,44?,45?,46-,47-/m1/s1. The van der Waals surface area contributed by atoms with Crippen LogP contribution < -0.4 is 0 Å². The van der Waals surface area contributed by atoms with Crippen LogP contribution in [-0.4, -0.2) is 126 Å². The highest BCUT2D eigenvalue weighted by atomic mass is 16.8. The summed E-state index contributed by atoms with van der Waals surface area (Å²) < 4.78 is 72.4. The van der Waals surface area contributed by atoms with E-state index in [0.717, 1.165) is 109 Å². The molecule has 0 bridgehead atoms. The van der Waals surface area contributed by atoms with Crippen LogP contribution in [0.15, 0.2) is 0 Å². The highest BCUT2D eigenvalue weighted by Gasteiger charge is 2.54. The lowest BCUT2D eigenvalue weighted by molar-refractivity contribution is -0.390. The Morgan fingerprint density at radius 1 is 0.367 bits per heavy atom. The number of ether oxygens (including phenoxy) is 11. The molecule has 0 spiro atoms. The van der Waals surface area contributed by atoms with Crippen molar-refractivity contribution >= 4 is 11.9 Å². The van der Waals surface area contributed by atoms with E-state index in [0.29, 0.717) is 52.5 Å². The van der Waals surface area contributed by atoms with Crippen molar-refractivity contribution in [2.45, 2.75) is 239 Å². The number of carbonyl (C=O) groups is 2. The maximum absolute atomic E-state index is 13.0. The Balaban J connectivity index is 2.67. The summed E-state index contributed by atoms with van der Waals surface area (Å²) in [5, 5.41) is 0. The fourth-order valence-corrected chi connectivity index (χ4v) is 7.03. The first-order valence-corrected chi connectivity index (χ1v) is 24.3. The Labute approximate surface area is 364 Å². The molecule has 6 unspecified atom stereocenters. The molecular weight excluding hydrogens is 773 g/mol. The van der Waals surface area contributed by atoms with Crippen molar-refractivity contribution < 1.29 is 61.7 Å². The highest BCUT2D eigenvalue weighted by Crippen LogP contribution is 2.35. The van der Waals surface area contributed by atoms with Gasteiger partial charge >= 0.3 is 11.9 Å². The molecule has 10 atom stereocenters. The smallest absolute Gasteiger partial charge is 0.305 e. The Hall–Kier alpha value is -1.42. The van der Waals surface area contributed by atoms with E-state index in [1.165, 1.54) is 0 Å². The van der Waals surface area contributed by atoms with Gasteiger partial charge < -0.3 is 52.1 Å². The van der Waals surface area contributed by atoms with Gasteiger partial charge in [-0.25, -0.2) is 0 Å².